The molecular formula is C17H17BrN2O3. The number of amides is 2. The van der Waals surface area contributed by atoms with E-state index in [9.17, 15) is 14.7 Å². The first-order valence-corrected chi connectivity index (χ1v) is 7.93. The van der Waals surface area contributed by atoms with E-state index < -0.39 is 5.91 Å². The molecule has 3 N–H and O–H groups in total. The molecule has 0 fully saturated rings. The van der Waals surface area contributed by atoms with Gasteiger partial charge in [0, 0.05) is 24.0 Å². The number of benzene rings is 2. The molecule has 120 valence electrons. The van der Waals surface area contributed by atoms with Crippen molar-refractivity contribution in [1.29, 1.82) is 0 Å². The van der Waals surface area contributed by atoms with Gasteiger partial charge in [0.05, 0.1) is 5.56 Å². The lowest BCUT2D eigenvalue weighted by Crippen LogP contribution is -2.30. The van der Waals surface area contributed by atoms with Crippen molar-refractivity contribution in [2.45, 2.75) is 13.0 Å². The Hall–Kier alpha value is -2.34. The van der Waals surface area contributed by atoms with E-state index in [1.165, 1.54) is 12.1 Å². The molecule has 2 aromatic rings. The minimum atomic E-state index is -0.411. The minimum Gasteiger partial charge on any atom is -0.507 e. The topological polar surface area (TPSA) is 78.4 Å². The highest BCUT2D eigenvalue weighted by Gasteiger charge is 2.11. The number of carbonyl (C=O) groups excluding carboxylic acids is 2. The third-order valence-corrected chi connectivity index (χ3v) is 3.67. The second-order valence-corrected chi connectivity index (χ2v) is 5.85. The highest BCUT2D eigenvalue weighted by Crippen LogP contribution is 2.21. The predicted molar refractivity (Wildman–Crippen MR) is 91.0 cm³/mol. The largest absolute Gasteiger partial charge is 0.507 e. The van der Waals surface area contributed by atoms with Crippen LogP contribution >= 0.6 is 15.9 Å². The molecule has 0 aliphatic rings. The molecule has 0 atom stereocenters. The normalized spacial score (nSPS) is 10.1. The Balaban J connectivity index is 1.73. The van der Waals surface area contributed by atoms with Crippen molar-refractivity contribution in [1.82, 2.24) is 10.6 Å². The lowest BCUT2D eigenvalue weighted by atomic mass is 10.2. The van der Waals surface area contributed by atoms with Crippen LogP contribution in [-0.2, 0) is 11.3 Å². The molecular weight excluding hydrogens is 360 g/mol. The predicted octanol–water partition coefficient (Wildman–Crippen LogP) is 2.59. The highest BCUT2D eigenvalue weighted by atomic mass is 79.9. The van der Waals surface area contributed by atoms with Crippen LogP contribution in [0.15, 0.2) is 53.0 Å². The lowest BCUT2D eigenvalue weighted by Gasteiger charge is -2.08. The second kappa shape index (κ2) is 8.33. The summed E-state index contributed by atoms with van der Waals surface area (Å²) in [5, 5.41) is 15.1. The number of nitrogens with one attached hydrogen (secondary N) is 2. The minimum absolute atomic E-state index is 0.106. The van der Waals surface area contributed by atoms with Crippen molar-refractivity contribution in [3.63, 3.8) is 0 Å². The highest BCUT2D eigenvalue weighted by molar-refractivity contribution is 9.10. The van der Waals surface area contributed by atoms with Crippen molar-refractivity contribution < 1.29 is 14.7 Å². The average molecular weight is 377 g/mol. The molecule has 0 radical (unpaired) electrons. The molecule has 0 saturated carbocycles. The Kier molecular flexibility index (Phi) is 6.17. The van der Waals surface area contributed by atoms with Crippen LogP contribution in [0.3, 0.4) is 0 Å². The Bertz CT molecular complexity index is 689. The number of hydrogen-bond acceptors (Lipinski definition) is 3. The van der Waals surface area contributed by atoms with Gasteiger partial charge in [-0.25, -0.2) is 0 Å². The van der Waals surface area contributed by atoms with Crippen molar-refractivity contribution in [2.75, 3.05) is 6.54 Å². The maximum atomic E-state index is 11.9. The van der Waals surface area contributed by atoms with E-state index in [0.29, 0.717) is 11.0 Å². The molecule has 0 aliphatic carbocycles. The van der Waals surface area contributed by atoms with E-state index in [1.54, 1.807) is 6.07 Å². The van der Waals surface area contributed by atoms with Gasteiger partial charge < -0.3 is 15.7 Å². The first-order chi connectivity index (χ1) is 11.1. The number of halogens is 1. The van der Waals surface area contributed by atoms with Gasteiger partial charge in [-0.3, -0.25) is 9.59 Å². The maximum absolute atomic E-state index is 11.9. The van der Waals surface area contributed by atoms with E-state index in [-0.39, 0.29) is 30.2 Å². The van der Waals surface area contributed by atoms with Crippen LogP contribution in [0, 0.1) is 0 Å². The van der Waals surface area contributed by atoms with Crippen molar-refractivity contribution in [3.8, 4) is 5.75 Å². The zero-order chi connectivity index (χ0) is 16.7. The summed E-state index contributed by atoms with van der Waals surface area (Å²) >= 11 is 3.21. The molecule has 2 amide bonds. The average Bonchev–Trinajstić information content (AvgIpc) is 2.53. The molecule has 2 rings (SSSR count). The lowest BCUT2D eigenvalue weighted by molar-refractivity contribution is -0.121. The molecule has 0 spiro atoms. The van der Waals surface area contributed by atoms with Crippen LogP contribution in [0.25, 0.3) is 0 Å². The number of phenols is 1. The first-order valence-electron chi connectivity index (χ1n) is 7.13. The SMILES string of the molecule is O=C(CCNC(=O)c1ccc(Br)cc1O)NCc1ccccc1. The molecule has 2 aromatic carbocycles. The smallest absolute Gasteiger partial charge is 0.255 e. The first kappa shape index (κ1) is 17.0. The van der Waals surface area contributed by atoms with Gasteiger partial charge in [-0.1, -0.05) is 46.3 Å². The van der Waals surface area contributed by atoms with Gasteiger partial charge in [0.2, 0.25) is 5.91 Å². The van der Waals surface area contributed by atoms with Gasteiger partial charge in [-0.15, -0.1) is 0 Å². The molecule has 0 aromatic heterocycles. The molecule has 0 bridgehead atoms. The van der Waals surface area contributed by atoms with Crippen LogP contribution in [-0.4, -0.2) is 23.5 Å². The maximum Gasteiger partial charge on any atom is 0.255 e. The van der Waals surface area contributed by atoms with Crippen LogP contribution in [0.1, 0.15) is 22.3 Å². The Morgan fingerprint density at radius 2 is 1.78 bits per heavy atom. The van der Waals surface area contributed by atoms with Crippen molar-refractivity contribution >= 4 is 27.7 Å². The third kappa shape index (κ3) is 5.41. The zero-order valence-corrected chi connectivity index (χ0v) is 14.0. The van der Waals surface area contributed by atoms with Gasteiger partial charge in [-0.2, -0.15) is 0 Å². The number of phenolic OH excluding ortho intramolecular Hbond substituents is 1. The summed E-state index contributed by atoms with van der Waals surface area (Å²) in [7, 11) is 0. The van der Waals surface area contributed by atoms with E-state index in [4.69, 9.17) is 0 Å². The number of hydrogen-bond donors (Lipinski definition) is 3. The fourth-order valence-corrected chi connectivity index (χ4v) is 2.32. The summed E-state index contributed by atoms with van der Waals surface area (Å²) in [6.45, 7) is 0.663. The number of carbonyl (C=O) groups is 2. The zero-order valence-electron chi connectivity index (χ0n) is 12.4. The van der Waals surface area contributed by atoms with E-state index in [0.717, 1.165) is 5.56 Å². The van der Waals surface area contributed by atoms with Crippen LogP contribution in [0.4, 0.5) is 0 Å². The Labute approximate surface area is 142 Å². The summed E-state index contributed by atoms with van der Waals surface area (Å²) in [5.74, 6) is -0.662. The second-order valence-electron chi connectivity index (χ2n) is 4.93. The Morgan fingerprint density at radius 1 is 1.04 bits per heavy atom. The van der Waals surface area contributed by atoms with Crippen LogP contribution in [0.2, 0.25) is 0 Å². The van der Waals surface area contributed by atoms with Gasteiger partial charge in [0.15, 0.2) is 0 Å². The summed E-state index contributed by atoms with van der Waals surface area (Å²) in [6, 6.07) is 14.2. The summed E-state index contributed by atoms with van der Waals surface area (Å²) < 4.78 is 0.687. The van der Waals surface area contributed by atoms with E-state index >= 15 is 0 Å². The summed E-state index contributed by atoms with van der Waals surface area (Å²) in [5.41, 5.74) is 1.20. The van der Waals surface area contributed by atoms with Gasteiger partial charge >= 0.3 is 0 Å². The third-order valence-electron chi connectivity index (χ3n) is 3.17. The fraction of sp³-hybridized carbons (Fsp3) is 0.176. The Morgan fingerprint density at radius 3 is 2.48 bits per heavy atom. The molecule has 0 heterocycles. The van der Waals surface area contributed by atoms with Crippen molar-refractivity contribution in [3.05, 3.63) is 64.1 Å². The van der Waals surface area contributed by atoms with E-state index in [1.807, 2.05) is 30.3 Å². The summed E-state index contributed by atoms with van der Waals surface area (Å²) in [6.07, 6.45) is 0.176. The van der Waals surface area contributed by atoms with Crippen LogP contribution < -0.4 is 10.6 Å². The number of aromatic hydroxyl groups is 1. The summed E-state index contributed by atoms with van der Waals surface area (Å²) in [4.78, 5) is 23.6. The molecule has 0 saturated heterocycles. The monoisotopic (exact) mass is 376 g/mol. The van der Waals surface area contributed by atoms with Crippen molar-refractivity contribution in [2.24, 2.45) is 0 Å². The fourth-order valence-electron chi connectivity index (χ4n) is 1.97. The van der Waals surface area contributed by atoms with Crippen LogP contribution in [0.5, 0.6) is 5.75 Å². The van der Waals surface area contributed by atoms with Gasteiger partial charge in [-0.05, 0) is 23.8 Å². The molecule has 0 unspecified atom stereocenters. The van der Waals surface area contributed by atoms with Gasteiger partial charge in [0.1, 0.15) is 5.75 Å². The standard InChI is InChI=1S/C17H17BrN2O3/c18-13-6-7-14(15(21)10-13)17(23)19-9-8-16(22)20-11-12-4-2-1-3-5-12/h1-7,10,21H,8-9,11H2,(H,19,23)(H,20,22). The molecule has 0 aliphatic heterocycles. The quantitative estimate of drug-likeness (QED) is 0.724. The van der Waals surface area contributed by atoms with E-state index in [2.05, 4.69) is 26.6 Å². The molecule has 6 heteroatoms. The number of rotatable bonds is 6. The van der Waals surface area contributed by atoms with Gasteiger partial charge in [0.25, 0.3) is 5.91 Å². The molecule has 5 nitrogen and oxygen atoms in total. The molecule has 23 heavy (non-hydrogen) atoms.